The van der Waals surface area contributed by atoms with E-state index in [4.69, 9.17) is 0 Å². The van der Waals surface area contributed by atoms with E-state index in [0.29, 0.717) is 11.6 Å². The second-order valence-electron chi connectivity index (χ2n) is 8.33. The van der Waals surface area contributed by atoms with Gasteiger partial charge in [-0.25, -0.2) is 5.43 Å². The number of nitro benzene ring substituents is 1. The summed E-state index contributed by atoms with van der Waals surface area (Å²) in [7, 11) is 0. The highest BCUT2D eigenvalue weighted by atomic mass is 16.6. The zero-order valence-corrected chi connectivity index (χ0v) is 20.6. The minimum atomic E-state index is -0.452. The van der Waals surface area contributed by atoms with Gasteiger partial charge in [-0.3, -0.25) is 10.1 Å². The van der Waals surface area contributed by atoms with Crippen molar-refractivity contribution in [1.29, 1.82) is 0 Å². The summed E-state index contributed by atoms with van der Waals surface area (Å²) in [5.41, 5.74) is 8.58. The molecule has 3 N–H and O–H groups in total. The van der Waals surface area contributed by atoms with E-state index in [1.807, 2.05) is 75.4 Å². The van der Waals surface area contributed by atoms with Crippen molar-refractivity contribution in [2.24, 2.45) is 5.10 Å². The van der Waals surface area contributed by atoms with Crippen molar-refractivity contribution in [3.63, 3.8) is 0 Å². The Morgan fingerprint density at radius 2 is 1.46 bits per heavy atom. The molecule has 0 fully saturated rings. The molecule has 0 bridgehead atoms. The van der Waals surface area contributed by atoms with Crippen LogP contribution in [-0.4, -0.2) is 26.1 Å². The van der Waals surface area contributed by atoms with Gasteiger partial charge >= 0.3 is 0 Å². The molecule has 1 heterocycles. The fraction of sp³-hybridized carbons (Fsp3) is 0.111. The van der Waals surface area contributed by atoms with Crippen molar-refractivity contribution in [3.8, 4) is 0 Å². The highest BCUT2D eigenvalue weighted by Gasteiger charge is 2.10. The SMILES string of the molecule is CC(C=NNc1nc(Nc2ccc([N+](=O)[O-])cc2)nc(Nc2ccc(C)c(C)c2)n1)=Cc1ccccc1. The molecule has 0 aliphatic carbocycles. The molecule has 4 rings (SSSR count). The summed E-state index contributed by atoms with van der Waals surface area (Å²) >= 11 is 0. The maximum absolute atomic E-state index is 10.9. The van der Waals surface area contributed by atoms with Gasteiger partial charge < -0.3 is 10.6 Å². The van der Waals surface area contributed by atoms with Gasteiger partial charge in [0.15, 0.2) is 0 Å². The quantitative estimate of drug-likeness (QED) is 0.139. The fourth-order valence-electron chi connectivity index (χ4n) is 3.32. The summed E-state index contributed by atoms with van der Waals surface area (Å²) in [4.78, 5) is 23.8. The number of non-ortho nitro benzene ring substituents is 1. The van der Waals surface area contributed by atoms with Crippen LogP contribution >= 0.6 is 0 Å². The second-order valence-corrected chi connectivity index (χ2v) is 8.33. The van der Waals surface area contributed by atoms with Crippen LogP contribution in [0, 0.1) is 24.0 Å². The third-order valence-corrected chi connectivity index (χ3v) is 5.36. The Morgan fingerprint density at radius 3 is 2.11 bits per heavy atom. The maximum Gasteiger partial charge on any atom is 0.269 e. The third kappa shape index (κ3) is 7.18. The molecule has 4 aromatic rings. The van der Waals surface area contributed by atoms with Crippen molar-refractivity contribution < 1.29 is 4.92 Å². The molecule has 0 radical (unpaired) electrons. The molecule has 0 saturated carbocycles. The zero-order chi connectivity index (χ0) is 26.2. The predicted molar refractivity (Wildman–Crippen MR) is 148 cm³/mol. The average molecular weight is 495 g/mol. The van der Waals surface area contributed by atoms with Gasteiger partial charge in [0.1, 0.15) is 0 Å². The molecule has 10 nitrogen and oxygen atoms in total. The van der Waals surface area contributed by atoms with E-state index < -0.39 is 4.92 Å². The molecule has 0 aliphatic heterocycles. The summed E-state index contributed by atoms with van der Waals surface area (Å²) in [6.07, 6.45) is 3.68. The van der Waals surface area contributed by atoms with Crippen LogP contribution in [0.4, 0.5) is 34.9 Å². The van der Waals surface area contributed by atoms with Crippen LogP contribution < -0.4 is 16.1 Å². The molecule has 3 aromatic carbocycles. The first-order chi connectivity index (χ1) is 17.9. The predicted octanol–water partition coefficient (Wildman–Crippen LogP) is 6.39. The Bertz CT molecular complexity index is 1450. The van der Waals surface area contributed by atoms with E-state index in [1.54, 1.807) is 18.3 Å². The van der Waals surface area contributed by atoms with E-state index in [0.717, 1.165) is 22.4 Å². The number of nitro groups is 1. The Hall–Kier alpha value is -5.12. The molecule has 0 aliphatic rings. The van der Waals surface area contributed by atoms with Crippen LogP contribution in [0.3, 0.4) is 0 Å². The number of aryl methyl sites for hydroxylation is 2. The van der Waals surface area contributed by atoms with E-state index in [2.05, 4.69) is 36.1 Å². The topological polar surface area (TPSA) is 130 Å². The standard InChI is InChI=1S/C27H26N8O2/c1-18(15-21-7-5-4-6-8-21)17-28-34-27-32-25(29-22-11-13-24(14-12-22)35(36)37)31-26(33-27)30-23-10-9-19(2)20(3)16-23/h4-17H,1-3H3,(H3,29,30,31,32,33,34). The summed E-state index contributed by atoms with van der Waals surface area (Å²) in [6.45, 7) is 6.02. The fourth-order valence-corrected chi connectivity index (χ4v) is 3.32. The number of rotatable bonds is 9. The Balaban J connectivity index is 1.57. The molecule has 0 saturated heterocycles. The van der Waals surface area contributed by atoms with Crippen molar-refractivity contribution in [2.75, 3.05) is 16.1 Å². The highest BCUT2D eigenvalue weighted by Crippen LogP contribution is 2.22. The molecule has 1 aromatic heterocycles. The largest absolute Gasteiger partial charge is 0.324 e. The normalized spacial score (nSPS) is 11.4. The zero-order valence-electron chi connectivity index (χ0n) is 20.6. The number of benzene rings is 3. The number of allylic oxidation sites excluding steroid dienone is 1. The van der Waals surface area contributed by atoms with Gasteiger partial charge in [-0.2, -0.15) is 20.1 Å². The number of hydrogen-bond acceptors (Lipinski definition) is 9. The van der Waals surface area contributed by atoms with Gasteiger partial charge in [-0.15, -0.1) is 0 Å². The van der Waals surface area contributed by atoms with Gasteiger partial charge in [0, 0.05) is 23.5 Å². The molecule has 10 heteroatoms. The molecule has 0 atom stereocenters. The first-order valence-corrected chi connectivity index (χ1v) is 11.5. The Morgan fingerprint density at radius 1 is 0.838 bits per heavy atom. The summed E-state index contributed by atoms with van der Waals surface area (Å²) in [5.74, 6) is 0.760. The summed E-state index contributed by atoms with van der Waals surface area (Å²) < 4.78 is 0. The smallest absolute Gasteiger partial charge is 0.269 e. The van der Waals surface area contributed by atoms with Crippen molar-refractivity contribution in [3.05, 3.63) is 105 Å². The number of anilines is 5. The lowest BCUT2D eigenvalue weighted by Crippen LogP contribution is -2.07. The van der Waals surface area contributed by atoms with Gasteiger partial charge in [0.2, 0.25) is 17.8 Å². The average Bonchev–Trinajstić information content (AvgIpc) is 2.87. The first-order valence-electron chi connectivity index (χ1n) is 11.5. The first kappa shape index (κ1) is 25.0. The lowest BCUT2D eigenvalue weighted by atomic mass is 10.1. The van der Waals surface area contributed by atoms with Crippen molar-refractivity contribution in [2.45, 2.75) is 20.8 Å². The van der Waals surface area contributed by atoms with Crippen LogP contribution in [0.2, 0.25) is 0 Å². The van der Waals surface area contributed by atoms with E-state index in [9.17, 15) is 10.1 Å². The van der Waals surface area contributed by atoms with Gasteiger partial charge in [0.05, 0.1) is 11.1 Å². The van der Waals surface area contributed by atoms with Gasteiger partial charge in [0.25, 0.3) is 5.69 Å². The molecular formula is C27H26N8O2. The number of aromatic nitrogens is 3. The third-order valence-electron chi connectivity index (χ3n) is 5.36. The molecule has 37 heavy (non-hydrogen) atoms. The van der Waals surface area contributed by atoms with E-state index in [-0.39, 0.29) is 17.6 Å². The van der Waals surface area contributed by atoms with Crippen LogP contribution in [0.25, 0.3) is 6.08 Å². The van der Waals surface area contributed by atoms with Crippen LogP contribution in [0.15, 0.2) is 83.5 Å². The minimum absolute atomic E-state index is 0.00564. The lowest BCUT2D eigenvalue weighted by molar-refractivity contribution is -0.384. The number of nitrogens with one attached hydrogen (secondary N) is 3. The number of hydrogen-bond donors (Lipinski definition) is 3. The van der Waals surface area contributed by atoms with Crippen LogP contribution in [0.1, 0.15) is 23.6 Å². The molecule has 0 unspecified atom stereocenters. The highest BCUT2D eigenvalue weighted by molar-refractivity contribution is 5.85. The Kier molecular flexibility index (Phi) is 7.79. The van der Waals surface area contributed by atoms with Crippen molar-refractivity contribution in [1.82, 2.24) is 15.0 Å². The second kappa shape index (κ2) is 11.5. The van der Waals surface area contributed by atoms with Crippen LogP contribution in [0.5, 0.6) is 0 Å². The van der Waals surface area contributed by atoms with E-state index in [1.165, 1.54) is 17.7 Å². The molecule has 0 amide bonds. The van der Waals surface area contributed by atoms with Gasteiger partial charge in [-0.05, 0) is 67.3 Å². The van der Waals surface area contributed by atoms with Crippen molar-refractivity contribution >= 4 is 47.2 Å². The lowest BCUT2D eigenvalue weighted by Gasteiger charge is -2.11. The number of nitrogens with zero attached hydrogens (tertiary/aromatic N) is 5. The number of hydrazone groups is 1. The molecule has 186 valence electrons. The maximum atomic E-state index is 10.9. The minimum Gasteiger partial charge on any atom is -0.324 e. The molecular weight excluding hydrogens is 468 g/mol. The van der Waals surface area contributed by atoms with Gasteiger partial charge in [-0.1, -0.05) is 42.5 Å². The Labute approximate surface area is 214 Å². The summed E-state index contributed by atoms with van der Waals surface area (Å²) in [5, 5.41) is 21.5. The summed E-state index contributed by atoms with van der Waals surface area (Å²) in [6, 6.07) is 21.9. The van der Waals surface area contributed by atoms with E-state index >= 15 is 0 Å². The monoisotopic (exact) mass is 494 g/mol. The van der Waals surface area contributed by atoms with Crippen LogP contribution in [-0.2, 0) is 0 Å². The molecule has 0 spiro atoms.